The van der Waals surface area contributed by atoms with Crippen LogP contribution in [0.15, 0.2) is 71.8 Å². The fourth-order valence-corrected chi connectivity index (χ4v) is 3.84. The summed E-state index contributed by atoms with van der Waals surface area (Å²) in [6, 6.07) is 16.5. The molecule has 1 aromatic heterocycles. The second-order valence-electron chi connectivity index (χ2n) is 6.57. The van der Waals surface area contributed by atoms with E-state index in [1.54, 1.807) is 42.5 Å². The van der Waals surface area contributed by atoms with Crippen LogP contribution < -0.4 is 4.72 Å². The van der Waals surface area contributed by atoms with Gasteiger partial charge in [-0.05, 0) is 29.7 Å². The Morgan fingerprint density at radius 2 is 1.68 bits per heavy atom. The first-order valence-electron chi connectivity index (χ1n) is 8.66. The van der Waals surface area contributed by atoms with Crippen LogP contribution in [0.1, 0.15) is 41.3 Å². The summed E-state index contributed by atoms with van der Waals surface area (Å²) in [5.41, 5.74) is 1.53. The Hall–Kier alpha value is -2.70. The van der Waals surface area contributed by atoms with E-state index in [0.29, 0.717) is 5.56 Å². The number of nitrogens with one attached hydrogen (secondary N) is 1. The number of benzene rings is 2. The number of hydrogen-bond acceptors (Lipinski definition) is 4. The normalized spacial score (nSPS) is 11.4. The van der Waals surface area contributed by atoms with Crippen LogP contribution in [0.2, 0.25) is 5.02 Å². The fourth-order valence-electron chi connectivity index (χ4n) is 2.66. The first-order valence-corrected chi connectivity index (χ1v) is 10.5. The zero-order valence-electron chi connectivity index (χ0n) is 15.4. The van der Waals surface area contributed by atoms with Gasteiger partial charge in [0.15, 0.2) is 11.6 Å². The molecule has 1 N–H and O–H groups in total. The van der Waals surface area contributed by atoms with E-state index < -0.39 is 10.0 Å². The summed E-state index contributed by atoms with van der Waals surface area (Å²) >= 11 is 5.99. The summed E-state index contributed by atoms with van der Waals surface area (Å²) in [5.74, 6) is -0.146. The van der Waals surface area contributed by atoms with Crippen LogP contribution in [-0.2, 0) is 10.0 Å². The molecule has 0 aliphatic heterocycles. The van der Waals surface area contributed by atoms with Crippen molar-refractivity contribution in [1.29, 1.82) is 0 Å². The van der Waals surface area contributed by atoms with Crippen LogP contribution in [0.4, 0.5) is 5.82 Å². The lowest BCUT2D eigenvalue weighted by Gasteiger charge is -2.12. The standard InChI is InChI=1S/C21H19ClN2O3S/c1-14(2)15-8-10-18(11-9-15)28(26,27)24-21-19(12-17(22)13-23-21)20(25)16-6-4-3-5-7-16/h3-14H,1-2H3,(H,23,24). The molecule has 2 aromatic carbocycles. The molecule has 0 amide bonds. The highest BCUT2D eigenvalue weighted by atomic mass is 35.5. The molecule has 144 valence electrons. The van der Waals surface area contributed by atoms with E-state index >= 15 is 0 Å². The Bertz CT molecular complexity index is 1100. The fraction of sp³-hybridized carbons (Fsp3) is 0.143. The van der Waals surface area contributed by atoms with Crippen LogP contribution in [0.3, 0.4) is 0 Å². The van der Waals surface area contributed by atoms with Gasteiger partial charge in [0.05, 0.1) is 15.5 Å². The van der Waals surface area contributed by atoms with Crippen molar-refractivity contribution in [3.8, 4) is 0 Å². The van der Waals surface area contributed by atoms with Gasteiger partial charge in [0.25, 0.3) is 10.0 Å². The molecule has 1 heterocycles. The van der Waals surface area contributed by atoms with E-state index in [-0.39, 0.29) is 33.0 Å². The molecule has 7 heteroatoms. The third-order valence-electron chi connectivity index (χ3n) is 4.22. The third kappa shape index (κ3) is 4.40. The second kappa shape index (κ2) is 8.12. The molecule has 3 rings (SSSR count). The number of anilines is 1. The maximum Gasteiger partial charge on any atom is 0.263 e. The largest absolute Gasteiger partial charge is 0.288 e. The van der Waals surface area contributed by atoms with Crippen LogP contribution in [0.5, 0.6) is 0 Å². The monoisotopic (exact) mass is 414 g/mol. The lowest BCUT2D eigenvalue weighted by molar-refractivity contribution is 0.103. The van der Waals surface area contributed by atoms with Crippen LogP contribution in [0.25, 0.3) is 0 Å². The van der Waals surface area contributed by atoms with Crippen LogP contribution in [-0.4, -0.2) is 19.2 Å². The van der Waals surface area contributed by atoms with Gasteiger partial charge in [-0.1, -0.05) is 67.9 Å². The number of carbonyl (C=O) groups excluding carboxylic acids is 1. The highest BCUT2D eigenvalue weighted by Crippen LogP contribution is 2.24. The van der Waals surface area contributed by atoms with Gasteiger partial charge in [-0.25, -0.2) is 13.4 Å². The molecule has 0 saturated heterocycles. The summed E-state index contributed by atoms with van der Waals surface area (Å²) in [7, 11) is -3.91. The van der Waals surface area contributed by atoms with Gasteiger partial charge in [-0.2, -0.15) is 0 Å². The average Bonchev–Trinajstić information content (AvgIpc) is 2.69. The number of aromatic nitrogens is 1. The highest BCUT2D eigenvalue weighted by Gasteiger charge is 2.21. The molecular weight excluding hydrogens is 396 g/mol. The molecule has 0 radical (unpaired) electrons. The molecule has 3 aromatic rings. The second-order valence-corrected chi connectivity index (χ2v) is 8.69. The van der Waals surface area contributed by atoms with Crippen molar-refractivity contribution < 1.29 is 13.2 Å². The molecule has 0 unspecified atom stereocenters. The smallest absolute Gasteiger partial charge is 0.263 e. The van der Waals surface area contributed by atoms with E-state index in [1.807, 2.05) is 13.8 Å². The number of carbonyl (C=O) groups is 1. The molecule has 0 bridgehead atoms. The average molecular weight is 415 g/mol. The van der Waals surface area contributed by atoms with E-state index in [0.717, 1.165) is 5.56 Å². The first kappa shape index (κ1) is 20.0. The van der Waals surface area contributed by atoms with Gasteiger partial charge >= 0.3 is 0 Å². The predicted molar refractivity (Wildman–Crippen MR) is 110 cm³/mol. The molecule has 0 saturated carbocycles. The van der Waals surface area contributed by atoms with Gasteiger partial charge in [0.1, 0.15) is 0 Å². The Morgan fingerprint density at radius 3 is 2.29 bits per heavy atom. The minimum Gasteiger partial charge on any atom is -0.288 e. The molecular formula is C21H19ClN2O3S. The van der Waals surface area contributed by atoms with Gasteiger partial charge < -0.3 is 0 Å². The Morgan fingerprint density at radius 1 is 1.04 bits per heavy atom. The minimum atomic E-state index is -3.91. The van der Waals surface area contributed by atoms with Crippen LogP contribution in [0, 0.1) is 0 Å². The quantitative estimate of drug-likeness (QED) is 0.582. The van der Waals surface area contributed by atoms with Crippen molar-refractivity contribution in [2.75, 3.05) is 4.72 Å². The van der Waals surface area contributed by atoms with Crippen LogP contribution >= 0.6 is 11.6 Å². The molecule has 0 atom stereocenters. The lowest BCUT2D eigenvalue weighted by Crippen LogP contribution is -2.17. The summed E-state index contributed by atoms with van der Waals surface area (Å²) in [5, 5.41) is 0.239. The van der Waals surface area contributed by atoms with Crippen molar-refractivity contribution in [2.24, 2.45) is 0 Å². The maximum absolute atomic E-state index is 12.8. The molecule has 0 aliphatic carbocycles. The number of ketones is 1. The van der Waals surface area contributed by atoms with Gasteiger partial charge in [0, 0.05) is 11.8 Å². The van der Waals surface area contributed by atoms with Crippen molar-refractivity contribution in [2.45, 2.75) is 24.7 Å². The number of sulfonamides is 1. The summed E-state index contributed by atoms with van der Waals surface area (Å²) in [6.45, 7) is 4.06. The SMILES string of the molecule is CC(C)c1ccc(S(=O)(=O)Nc2ncc(Cl)cc2C(=O)c2ccccc2)cc1. The predicted octanol–water partition coefficient (Wildman–Crippen LogP) is 4.89. The molecule has 5 nitrogen and oxygen atoms in total. The number of nitrogens with zero attached hydrogens (tertiary/aromatic N) is 1. The summed E-state index contributed by atoms with van der Waals surface area (Å²) < 4.78 is 28.0. The number of rotatable bonds is 6. The topological polar surface area (TPSA) is 76.1 Å². The Labute approximate surface area is 169 Å². The third-order valence-corrected chi connectivity index (χ3v) is 5.78. The van der Waals surface area contributed by atoms with Crippen molar-refractivity contribution in [3.05, 3.63) is 88.6 Å². The van der Waals surface area contributed by atoms with E-state index in [4.69, 9.17) is 11.6 Å². The molecule has 28 heavy (non-hydrogen) atoms. The summed E-state index contributed by atoms with van der Waals surface area (Å²) in [6.07, 6.45) is 1.29. The lowest BCUT2D eigenvalue weighted by atomic mass is 10.0. The van der Waals surface area contributed by atoms with E-state index in [9.17, 15) is 13.2 Å². The molecule has 0 spiro atoms. The molecule has 0 fully saturated rings. The van der Waals surface area contributed by atoms with Gasteiger partial charge in [-0.15, -0.1) is 0 Å². The number of hydrogen-bond donors (Lipinski definition) is 1. The first-order chi connectivity index (χ1) is 13.3. The number of pyridine rings is 1. The van der Waals surface area contributed by atoms with Gasteiger partial charge in [-0.3, -0.25) is 9.52 Å². The van der Waals surface area contributed by atoms with E-state index in [2.05, 4.69) is 9.71 Å². The molecule has 0 aliphatic rings. The maximum atomic E-state index is 12.8. The van der Waals surface area contributed by atoms with Gasteiger partial charge in [0.2, 0.25) is 0 Å². The van der Waals surface area contributed by atoms with Crippen molar-refractivity contribution >= 4 is 33.2 Å². The highest BCUT2D eigenvalue weighted by molar-refractivity contribution is 7.92. The van der Waals surface area contributed by atoms with Crippen molar-refractivity contribution in [1.82, 2.24) is 4.98 Å². The minimum absolute atomic E-state index is 0.0637. The number of halogens is 1. The summed E-state index contributed by atoms with van der Waals surface area (Å²) in [4.78, 5) is 17.0. The Kier molecular flexibility index (Phi) is 5.82. The zero-order valence-corrected chi connectivity index (χ0v) is 17.0. The van der Waals surface area contributed by atoms with Crippen molar-refractivity contribution in [3.63, 3.8) is 0 Å². The zero-order chi connectivity index (χ0) is 20.3. The Balaban J connectivity index is 1.97. The van der Waals surface area contributed by atoms with E-state index in [1.165, 1.54) is 24.4 Å².